The van der Waals surface area contributed by atoms with Gasteiger partial charge in [0.15, 0.2) is 0 Å². The summed E-state index contributed by atoms with van der Waals surface area (Å²) >= 11 is 0. The van der Waals surface area contributed by atoms with Gasteiger partial charge in [0.2, 0.25) is 0 Å². The van der Waals surface area contributed by atoms with Crippen molar-refractivity contribution >= 4 is 11.9 Å². The molecule has 0 rings (SSSR count). The molecular formula is C9H19NaO7. The summed E-state index contributed by atoms with van der Waals surface area (Å²) in [6.45, 7) is 2.98. The van der Waals surface area contributed by atoms with E-state index < -0.39 is 18.2 Å². The summed E-state index contributed by atoms with van der Waals surface area (Å²) in [5.41, 5.74) is 0. The quantitative estimate of drug-likeness (QED) is 0.355. The molecule has 0 aliphatic carbocycles. The average molecular weight is 262 g/mol. The molecule has 0 fully saturated rings. The molecule has 17 heavy (non-hydrogen) atoms. The normalized spacial score (nSPS) is 11.6. The summed E-state index contributed by atoms with van der Waals surface area (Å²) < 4.78 is 4.26. The van der Waals surface area contributed by atoms with Gasteiger partial charge in [0, 0.05) is 0 Å². The molecule has 0 heterocycles. The Balaban J connectivity index is -0.0000000896. The van der Waals surface area contributed by atoms with Gasteiger partial charge in [-0.1, -0.05) is 0 Å². The van der Waals surface area contributed by atoms with Crippen LogP contribution in [0.5, 0.6) is 0 Å². The number of rotatable bonds is 4. The molecule has 0 aromatic rings. The Morgan fingerprint density at radius 1 is 1.12 bits per heavy atom. The van der Waals surface area contributed by atoms with Crippen LogP contribution < -0.4 is 29.6 Å². The second-order valence-electron chi connectivity index (χ2n) is 3.08. The molecule has 0 spiro atoms. The van der Waals surface area contributed by atoms with E-state index in [0.29, 0.717) is 0 Å². The van der Waals surface area contributed by atoms with E-state index in [1.54, 1.807) is 0 Å². The van der Waals surface area contributed by atoms with Gasteiger partial charge in [0.25, 0.3) is 0 Å². The molecule has 0 radical (unpaired) electrons. The Morgan fingerprint density at radius 3 is 1.53 bits per heavy atom. The van der Waals surface area contributed by atoms with Gasteiger partial charge in [-0.3, -0.25) is 9.59 Å². The number of aliphatic carboxylic acids is 1. The average Bonchev–Trinajstić information content (AvgIpc) is 2.01. The zero-order valence-corrected chi connectivity index (χ0v) is 12.6. The zero-order valence-electron chi connectivity index (χ0n) is 10.6. The number of carboxylic acid groups (broad SMARTS) is 1. The van der Waals surface area contributed by atoms with Crippen LogP contribution in [0.2, 0.25) is 0 Å². The van der Waals surface area contributed by atoms with Gasteiger partial charge >= 0.3 is 41.5 Å². The van der Waals surface area contributed by atoms with Crippen molar-refractivity contribution < 1.29 is 64.7 Å². The molecule has 0 aromatic carbocycles. The summed E-state index contributed by atoms with van der Waals surface area (Å²) in [5.74, 6) is -1.34. The third kappa shape index (κ3) is 31.3. The van der Waals surface area contributed by atoms with E-state index in [1.165, 1.54) is 21.0 Å². The summed E-state index contributed by atoms with van der Waals surface area (Å²) in [4.78, 5) is 19.9. The van der Waals surface area contributed by atoms with Crippen molar-refractivity contribution in [3.63, 3.8) is 0 Å². The third-order valence-corrected chi connectivity index (χ3v) is 1.16. The summed E-state index contributed by atoms with van der Waals surface area (Å²) in [7, 11) is 1.30. The van der Waals surface area contributed by atoms with Crippen molar-refractivity contribution in [2.45, 2.75) is 38.9 Å². The van der Waals surface area contributed by atoms with Gasteiger partial charge < -0.3 is 25.5 Å². The minimum absolute atomic E-state index is 0. The number of aliphatic hydroxyl groups is 2. The smallest absolute Gasteiger partial charge is 0.870 e. The maximum absolute atomic E-state index is 10.2. The van der Waals surface area contributed by atoms with Crippen molar-refractivity contribution in [3.8, 4) is 0 Å². The van der Waals surface area contributed by atoms with E-state index in [2.05, 4.69) is 4.74 Å². The molecule has 8 heteroatoms. The van der Waals surface area contributed by atoms with E-state index in [9.17, 15) is 9.59 Å². The van der Waals surface area contributed by atoms with E-state index in [0.717, 1.165) is 0 Å². The molecule has 0 amide bonds. The molecule has 7 nitrogen and oxygen atoms in total. The largest absolute Gasteiger partial charge is 1.00 e. The Kier molecular flexibility index (Phi) is 23.8. The van der Waals surface area contributed by atoms with Crippen molar-refractivity contribution in [1.82, 2.24) is 0 Å². The van der Waals surface area contributed by atoms with Crippen LogP contribution in [-0.2, 0) is 14.3 Å². The van der Waals surface area contributed by atoms with Crippen molar-refractivity contribution in [2.24, 2.45) is 0 Å². The minimum Gasteiger partial charge on any atom is -0.870 e. The van der Waals surface area contributed by atoms with Crippen LogP contribution in [0.15, 0.2) is 0 Å². The number of carboxylic acids is 1. The fourth-order valence-corrected chi connectivity index (χ4v) is 0.577. The maximum Gasteiger partial charge on any atom is 1.00 e. The maximum atomic E-state index is 10.2. The van der Waals surface area contributed by atoms with E-state index in [-0.39, 0.29) is 53.8 Å². The van der Waals surface area contributed by atoms with Gasteiger partial charge in [-0.2, -0.15) is 0 Å². The number of hydrogen-bond acceptors (Lipinski definition) is 6. The van der Waals surface area contributed by atoms with Crippen LogP contribution in [0.3, 0.4) is 0 Å². The second kappa shape index (κ2) is 15.8. The fraction of sp³-hybridized carbons (Fsp3) is 0.778. The van der Waals surface area contributed by atoms with E-state index in [4.69, 9.17) is 15.3 Å². The molecule has 0 saturated heterocycles. The Bertz CT molecular complexity index is 194. The minimum atomic E-state index is -0.963. The van der Waals surface area contributed by atoms with Crippen molar-refractivity contribution in [3.05, 3.63) is 0 Å². The van der Waals surface area contributed by atoms with Gasteiger partial charge in [0.1, 0.15) is 0 Å². The van der Waals surface area contributed by atoms with E-state index in [1.807, 2.05) is 0 Å². The first-order valence-corrected chi connectivity index (χ1v) is 4.44. The SMILES string of the molecule is COC(=O)C[C@@H](C)O.C[C@@H](O)CC(=O)O.[Na+].[OH-]. The zero-order chi connectivity index (χ0) is 12.4. The van der Waals surface area contributed by atoms with Crippen LogP contribution in [-0.4, -0.2) is 52.1 Å². The van der Waals surface area contributed by atoms with Crippen LogP contribution in [0.25, 0.3) is 0 Å². The van der Waals surface area contributed by atoms with Gasteiger partial charge in [-0.05, 0) is 13.8 Å². The molecule has 4 N–H and O–H groups in total. The first-order chi connectivity index (χ1) is 6.79. The topological polar surface area (TPSA) is 134 Å². The molecule has 0 bridgehead atoms. The second-order valence-corrected chi connectivity index (χ2v) is 3.08. The third-order valence-electron chi connectivity index (χ3n) is 1.16. The predicted octanol–water partition coefficient (Wildman–Crippen LogP) is -3.40. The van der Waals surface area contributed by atoms with Crippen molar-refractivity contribution in [1.29, 1.82) is 0 Å². The Hall–Kier alpha value is -0.180. The number of hydrogen-bond donors (Lipinski definition) is 3. The van der Waals surface area contributed by atoms with Crippen LogP contribution in [0.1, 0.15) is 26.7 Å². The van der Waals surface area contributed by atoms with E-state index >= 15 is 0 Å². The Morgan fingerprint density at radius 2 is 1.47 bits per heavy atom. The molecule has 98 valence electrons. The molecule has 2 atom stereocenters. The molecule has 0 aliphatic heterocycles. The number of esters is 1. The first kappa shape index (κ1) is 25.6. The summed E-state index contributed by atoms with van der Waals surface area (Å²) in [5, 5.41) is 24.8. The first-order valence-electron chi connectivity index (χ1n) is 4.44. The van der Waals surface area contributed by atoms with Crippen LogP contribution >= 0.6 is 0 Å². The van der Waals surface area contributed by atoms with Crippen molar-refractivity contribution in [2.75, 3.05) is 7.11 Å². The summed E-state index contributed by atoms with van der Waals surface area (Å²) in [6.07, 6.45) is -1.41. The van der Waals surface area contributed by atoms with Gasteiger partial charge in [0.05, 0.1) is 32.2 Å². The molecule has 0 aromatic heterocycles. The van der Waals surface area contributed by atoms with Gasteiger partial charge in [-0.25, -0.2) is 0 Å². The fourth-order valence-electron chi connectivity index (χ4n) is 0.577. The van der Waals surface area contributed by atoms with Crippen LogP contribution in [0, 0.1) is 0 Å². The molecule has 0 aliphatic rings. The number of methoxy groups -OCH3 is 1. The number of ether oxygens (including phenoxy) is 1. The number of carbonyl (C=O) groups is 2. The monoisotopic (exact) mass is 262 g/mol. The molecule has 0 saturated carbocycles. The molecular weight excluding hydrogens is 243 g/mol. The predicted molar refractivity (Wildman–Crippen MR) is 54.2 cm³/mol. The number of aliphatic hydroxyl groups excluding tert-OH is 2. The number of carbonyl (C=O) groups excluding carboxylic acids is 1. The van der Waals surface area contributed by atoms with Crippen LogP contribution in [0.4, 0.5) is 0 Å². The summed E-state index contributed by atoms with van der Waals surface area (Å²) in [6, 6.07) is 0. The molecule has 0 unspecified atom stereocenters. The van der Waals surface area contributed by atoms with Gasteiger partial charge in [-0.15, -0.1) is 0 Å². The standard InChI is InChI=1S/C5H10O3.C4H8O3.Na.H2O/c1-4(6)3-5(7)8-2;1-3(5)2-4(6)7;;/h4,6H,3H2,1-2H3;3,5H,2H2,1H3,(H,6,7);;1H2/q;;+1;/p-1/t4-;3-;;/m11../s1. The Labute approximate surface area is 122 Å².